The Kier molecular flexibility index (Phi) is 3.74. The summed E-state index contributed by atoms with van der Waals surface area (Å²) in [4.78, 5) is 0. The van der Waals surface area contributed by atoms with Crippen LogP contribution in [0.25, 0.3) is 0 Å². The summed E-state index contributed by atoms with van der Waals surface area (Å²) >= 11 is 0. The van der Waals surface area contributed by atoms with Crippen LogP contribution in [0.1, 0.15) is 31.9 Å². The Labute approximate surface area is 100.0 Å². The molecule has 0 aromatic heterocycles. The van der Waals surface area contributed by atoms with Gasteiger partial charge in [0, 0.05) is 24.8 Å². The van der Waals surface area contributed by atoms with Crippen LogP contribution in [0.15, 0.2) is 18.2 Å². The molecule has 94 valence electrons. The molecule has 0 amide bonds. The lowest BCUT2D eigenvalue weighted by atomic mass is 10.0. The Hall–Kier alpha value is -1.00. The van der Waals surface area contributed by atoms with Gasteiger partial charge in [-0.3, -0.25) is 0 Å². The van der Waals surface area contributed by atoms with Crippen molar-refractivity contribution in [3.8, 4) is 0 Å². The number of hydrogen-bond acceptors (Lipinski definition) is 2. The highest BCUT2D eigenvalue weighted by Gasteiger charge is 2.25. The van der Waals surface area contributed by atoms with Gasteiger partial charge < -0.3 is 10.1 Å². The normalized spacial score (nSPS) is 26.1. The molecule has 2 rings (SSSR count). The summed E-state index contributed by atoms with van der Waals surface area (Å²) in [6, 6.07) is 3.77. The molecule has 17 heavy (non-hydrogen) atoms. The van der Waals surface area contributed by atoms with Crippen molar-refractivity contribution in [2.45, 2.75) is 38.5 Å². The number of hydrogen-bond donors (Lipinski definition) is 1. The molecular formula is C13H17F2NO. The third kappa shape index (κ3) is 3.01. The van der Waals surface area contributed by atoms with E-state index in [-0.39, 0.29) is 18.2 Å². The van der Waals surface area contributed by atoms with Gasteiger partial charge in [-0.1, -0.05) is 0 Å². The van der Waals surface area contributed by atoms with E-state index >= 15 is 0 Å². The first-order chi connectivity index (χ1) is 8.06. The van der Waals surface area contributed by atoms with Crippen LogP contribution >= 0.6 is 0 Å². The molecule has 1 aromatic carbocycles. The molecule has 1 N–H and O–H groups in total. The fourth-order valence-corrected chi connectivity index (χ4v) is 2.19. The van der Waals surface area contributed by atoms with E-state index in [1.165, 1.54) is 12.1 Å². The smallest absolute Gasteiger partial charge is 0.126 e. The Morgan fingerprint density at radius 3 is 2.47 bits per heavy atom. The molecule has 0 aliphatic carbocycles. The minimum atomic E-state index is -0.538. The van der Waals surface area contributed by atoms with Crippen LogP contribution in [-0.4, -0.2) is 18.8 Å². The predicted octanol–water partition coefficient (Wildman–Crippen LogP) is 2.79. The second kappa shape index (κ2) is 5.10. The molecule has 0 radical (unpaired) electrons. The molecule has 1 saturated heterocycles. The van der Waals surface area contributed by atoms with Gasteiger partial charge in [0.15, 0.2) is 0 Å². The van der Waals surface area contributed by atoms with E-state index in [9.17, 15) is 8.78 Å². The van der Waals surface area contributed by atoms with E-state index in [0.29, 0.717) is 5.56 Å². The first kappa shape index (κ1) is 12.5. The Morgan fingerprint density at radius 2 is 1.94 bits per heavy atom. The maximum absolute atomic E-state index is 13.1. The molecule has 2 nitrogen and oxygen atoms in total. The second-order valence-corrected chi connectivity index (χ2v) is 4.56. The van der Waals surface area contributed by atoms with Gasteiger partial charge in [0.2, 0.25) is 0 Å². The summed E-state index contributed by atoms with van der Waals surface area (Å²) in [6.45, 7) is 4.64. The van der Waals surface area contributed by atoms with Crippen LogP contribution in [0.5, 0.6) is 0 Å². The molecule has 0 spiro atoms. The van der Waals surface area contributed by atoms with E-state index in [2.05, 4.69) is 5.32 Å². The number of ether oxygens (including phenoxy) is 1. The average Bonchev–Trinajstić information content (AvgIpc) is 2.63. The van der Waals surface area contributed by atoms with Crippen molar-refractivity contribution in [3.63, 3.8) is 0 Å². The highest BCUT2D eigenvalue weighted by molar-refractivity contribution is 5.21. The summed E-state index contributed by atoms with van der Waals surface area (Å²) in [5.41, 5.74) is 0.626. The lowest BCUT2D eigenvalue weighted by Gasteiger charge is -2.22. The van der Waals surface area contributed by atoms with Gasteiger partial charge >= 0.3 is 0 Å². The van der Waals surface area contributed by atoms with Gasteiger partial charge in [0.1, 0.15) is 11.6 Å². The standard InChI is InChI=1S/C13H17F2NO/c1-8(16-13-3-4-17-9(13)2)10-5-11(14)7-12(15)6-10/h5-9,13,16H,3-4H2,1-2H3. The van der Waals surface area contributed by atoms with Crippen molar-refractivity contribution in [2.75, 3.05) is 6.61 Å². The summed E-state index contributed by atoms with van der Waals surface area (Å²) < 4.78 is 31.6. The maximum atomic E-state index is 13.1. The number of nitrogens with one attached hydrogen (secondary N) is 1. The largest absolute Gasteiger partial charge is 0.377 e. The van der Waals surface area contributed by atoms with Gasteiger partial charge in [-0.2, -0.15) is 0 Å². The Bertz CT molecular complexity index is 377. The third-order valence-corrected chi connectivity index (χ3v) is 3.23. The summed E-state index contributed by atoms with van der Waals surface area (Å²) in [5.74, 6) is -1.08. The topological polar surface area (TPSA) is 21.3 Å². The van der Waals surface area contributed by atoms with Crippen molar-refractivity contribution >= 4 is 0 Å². The lowest BCUT2D eigenvalue weighted by molar-refractivity contribution is 0.111. The monoisotopic (exact) mass is 241 g/mol. The number of rotatable bonds is 3. The predicted molar refractivity (Wildman–Crippen MR) is 61.7 cm³/mol. The fourth-order valence-electron chi connectivity index (χ4n) is 2.19. The second-order valence-electron chi connectivity index (χ2n) is 4.56. The van der Waals surface area contributed by atoms with Crippen LogP contribution in [-0.2, 0) is 4.74 Å². The number of benzene rings is 1. The van der Waals surface area contributed by atoms with Gasteiger partial charge in [0.05, 0.1) is 6.10 Å². The molecule has 4 heteroatoms. The Morgan fingerprint density at radius 1 is 1.29 bits per heavy atom. The lowest BCUT2D eigenvalue weighted by Crippen LogP contribution is -2.36. The molecule has 1 heterocycles. The zero-order valence-electron chi connectivity index (χ0n) is 10.0. The van der Waals surface area contributed by atoms with E-state index in [1.54, 1.807) is 0 Å². The highest BCUT2D eigenvalue weighted by Crippen LogP contribution is 2.20. The minimum absolute atomic E-state index is 0.0886. The molecule has 3 unspecified atom stereocenters. The fraction of sp³-hybridized carbons (Fsp3) is 0.538. The molecule has 0 saturated carbocycles. The van der Waals surface area contributed by atoms with Gasteiger partial charge in [-0.25, -0.2) is 8.78 Å². The molecule has 1 fully saturated rings. The number of halogens is 2. The SMILES string of the molecule is CC(NC1CCOC1C)c1cc(F)cc(F)c1. The average molecular weight is 241 g/mol. The molecule has 1 aliphatic rings. The highest BCUT2D eigenvalue weighted by atomic mass is 19.1. The van der Waals surface area contributed by atoms with E-state index in [1.807, 2.05) is 13.8 Å². The molecule has 1 aliphatic heterocycles. The zero-order valence-corrected chi connectivity index (χ0v) is 10.0. The molecular weight excluding hydrogens is 224 g/mol. The molecule has 0 bridgehead atoms. The van der Waals surface area contributed by atoms with Crippen LogP contribution < -0.4 is 5.32 Å². The first-order valence-electron chi connectivity index (χ1n) is 5.90. The van der Waals surface area contributed by atoms with Crippen molar-refractivity contribution in [2.24, 2.45) is 0 Å². The summed E-state index contributed by atoms with van der Waals surface area (Å²) in [7, 11) is 0. The third-order valence-electron chi connectivity index (χ3n) is 3.23. The van der Waals surface area contributed by atoms with Gasteiger partial charge in [-0.05, 0) is 38.0 Å². The van der Waals surface area contributed by atoms with E-state index in [4.69, 9.17) is 4.74 Å². The summed E-state index contributed by atoms with van der Waals surface area (Å²) in [5, 5.41) is 3.34. The maximum Gasteiger partial charge on any atom is 0.126 e. The van der Waals surface area contributed by atoms with Crippen LogP contribution in [0, 0.1) is 11.6 Å². The quantitative estimate of drug-likeness (QED) is 0.878. The van der Waals surface area contributed by atoms with E-state index < -0.39 is 11.6 Å². The Balaban J connectivity index is 2.06. The van der Waals surface area contributed by atoms with E-state index in [0.717, 1.165) is 19.1 Å². The van der Waals surface area contributed by atoms with Crippen molar-refractivity contribution < 1.29 is 13.5 Å². The van der Waals surface area contributed by atoms with Crippen molar-refractivity contribution in [3.05, 3.63) is 35.4 Å². The zero-order chi connectivity index (χ0) is 12.4. The van der Waals surface area contributed by atoms with Crippen LogP contribution in [0.3, 0.4) is 0 Å². The van der Waals surface area contributed by atoms with Gasteiger partial charge in [0.25, 0.3) is 0 Å². The van der Waals surface area contributed by atoms with Crippen LogP contribution in [0.4, 0.5) is 8.78 Å². The molecule has 3 atom stereocenters. The van der Waals surface area contributed by atoms with Crippen molar-refractivity contribution in [1.82, 2.24) is 5.32 Å². The van der Waals surface area contributed by atoms with Gasteiger partial charge in [-0.15, -0.1) is 0 Å². The molecule has 1 aromatic rings. The first-order valence-corrected chi connectivity index (χ1v) is 5.90. The minimum Gasteiger partial charge on any atom is -0.377 e. The van der Waals surface area contributed by atoms with Crippen molar-refractivity contribution in [1.29, 1.82) is 0 Å². The van der Waals surface area contributed by atoms with Crippen LogP contribution in [0.2, 0.25) is 0 Å². The summed E-state index contributed by atoms with van der Waals surface area (Å²) in [6.07, 6.45) is 1.08.